The maximum atomic E-state index is 13.2. The van der Waals surface area contributed by atoms with Crippen molar-refractivity contribution in [2.24, 2.45) is 38.6 Å². The molecule has 6 aliphatic rings. The van der Waals surface area contributed by atoms with Crippen LogP contribution in [0.1, 0.15) is 80.1 Å². The van der Waals surface area contributed by atoms with Crippen molar-refractivity contribution in [2.45, 2.75) is 103 Å². The van der Waals surface area contributed by atoms with E-state index in [1.807, 2.05) is 48.5 Å². The van der Waals surface area contributed by atoms with Crippen molar-refractivity contribution < 1.29 is 14.3 Å². The summed E-state index contributed by atoms with van der Waals surface area (Å²) in [5.41, 5.74) is 5.55. The number of hydrogen-bond donors (Lipinski definition) is 2. The first-order valence-corrected chi connectivity index (χ1v) is 17.7. The van der Waals surface area contributed by atoms with Crippen molar-refractivity contribution in [3.05, 3.63) is 78.0 Å². The van der Waals surface area contributed by atoms with E-state index in [9.17, 15) is 5.21 Å². The summed E-state index contributed by atoms with van der Waals surface area (Å²) in [6, 6.07) is 16.0. The SMILES string of the molecule is C=C1CO[C@@]2(C1)[C@@H](Nc1ccc(N=[N+]([O-])c3ccc(N[C@H]4[C@@H]5CC[C@@](C)(C5(C)C)[C@]45CC(=C)CO5)cc3)cc1)[C@@H]1CC[C@@]2(C)C1(C)C. The molecule has 6 fully saturated rings. The van der Waals surface area contributed by atoms with E-state index in [4.69, 9.17) is 9.47 Å². The van der Waals surface area contributed by atoms with Gasteiger partial charge in [0.15, 0.2) is 0 Å². The molecule has 7 heteroatoms. The minimum atomic E-state index is -0.249. The summed E-state index contributed by atoms with van der Waals surface area (Å²) in [6.45, 7) is 24.4. The molecule has 2 heterocycles. The third-order valence-electron chi connectivity index (χ3n) is 15.2. The Morgan fingerprint density at radius 2 is 1.13 bits per heavy atom. The van der Waals surface area contributed by atoms with Crippen LogP contribution >= 0.6 is 0 Å². The van der Waals surface area contributed by atoms with Gasteiger partial charge in [-0.3, -0.25) is 0 Å². The van der Waals surface area contributed by atoms with Crippen molar-refractivity contribution in [1.29, 1.82) is 0 Å². The predicted molar refractivity (Wildman–Crippen MR) is 187 cm³/mol. The van der Waals surface area contributed by atoms with Gasteiger partial charge in [0.1, 0.15) is 5.69 Å². The molecule has 2 aromatic carbocycles. The summed E-state index contributed by atoms with van der Waals surface area (Å²) in [5, 5.41) is 25.3. The van der Waals surface area contributed by atoms with Gasteiger partial charge in [-0.15, -0.1) is 0 Å². The second-order valence-corrected chi connectivity index (χ2v) is 17.3. The Bertz CT molecular complexity index is 1660. The maximum Gasteiger partial charge on any atom is 0.245 e. The van der Waals surface area contributed by atoms with Crippen LogP contribution in [-0.4, -0.2) is 41.4 Å². The number of ether oxygens (including phenoxy) is 2. The molecule has 0 amide bonds. The highest BCUT2D eigenvalue weighted by atomic mass is 16.5. The average molecular weight is 637 g/mol. The van der Waals surface area contributed by atoms with Crippen molar-refractivity contribution in [2.75, 3.05) is 23.8 Å². The van der Waals surface area contributed by atoms with E-state index in [1.165, 1.54) is 36.8 Å². The van der Waals surface area contributed by atoms with Gasteiger partial charge in [0.2, 0.25) is 5.69 Å². The van der Waals surface area contributed by atoms with Gasteiger partial charge in [0.05, 0.1) is 36.5 Å². The first-order valence-electron chi connectivity index (χ1n) is 17.7. The van der Waals surface area contributed by atoms with E-state index in [-0.39, 0.29) is 44.9 Å². The smallest absolute Gasteiger partial charge is 0.245 e. The number of azo groups is 1. The summed E-state index contributed by atoms with van der Waals surface area (Å²) in [6.07, 6.45) is 6.59. The fourth-order valence-electron chi connectivity index (χ4n) is 11.9. The fourth-order valence-corrected chi connectivity index (χ4v) is 11.9. The average Bonchev–Trinajstić information content (AvgIpc) is 3.78. The van der Waals surface area contributed by atoms with Crippen LogP contribution < -0.4 is 10.6 Å². The van der Waals surface area contributed by atoms with Crippen LogP contribution in [0, 0.1) is 38.7 Å². The van der Waals surface area contributed by atoms with Gasteiger partial charge in [0.25, 0.3) is 0 Å². The minimum Gasteiger partial charge on any atom is -0.594 e. The van der Waals surface area contributed by atoms with E-state index < -0.39 is 0 Å². The molecule has 2 aliphatic heterocycles. The molecule has 4 aliphatic carbocycles. The first-order chi connectivity index (χ1) is 22.2. The summed E-state index contributed by atoms with van der Waals surface area (Å²) < 4.78 is 13.3. The second kappa shape index (κ2) is 9.94. The lowest BCUT2D eigenvalue weighted by atomic mass is 9.63. The summed E-state index contributed by atoms with van der Waals surface area (Å²) >= 11 is 0. The highest BCUT2D eigenvalue weighted by Crippen LogP contribution is 2.74. The number of nitrogens with one attached hydrogen (secondary N) is 2. The fraction of sp³-hybridized carbons (Fsp3) is 0.600. The molecule has 2 N–H and O–H groups in total. The molecule has 8 rings (SSSR count). The third-order valence-corrected chi connectivity index (χ3v) is 15.2. The van der Waals surface area contributed by atoms with Crippen LogP contribution in [0.15, 0.2) is 77.9 Å². The maximum absolute atomic E-state index is 13.2. The van der Waals surface area contributed by atoms with Crippen LogP contribution in [0.3, 0.4) is 0 Å². The van der Waals surface area contributed by atoms with E-state index in [0.29, 0.717) is 41.3 Å². The highest BCUT2D eigenvalue weighted by Gasteiger charge is 2.76. The summed E-state index contributed by atoms with van der Waals surface area (Å²) in [7, 11) is 0. The van der Waals surface area contributed by atoms with Crippen LogP contribution in [0.5, 0.6) is 0 Å². The van der Waals surface area contributed by atoms with Gasteiger partial charge in [0, 0.05) is 52.3 Å². The molecule has 0 unspecified atom stereocenters. The largest absolute Gasteiger partial charge is 0.594 e. The quantitative estimate of drug-likeness (QED) is 0.143. The molecular weight excluding hydrogens is 584 g/mol. The Hall–Kier alpha value is -3.16. The molecule has 0 aromatic heterocycles. The van der Waals surface area contributed by atoms with E-state index in [0.717, 1.165) is 24.2 Å². The summed E-state index contributed by atoms with van der Waals surface area (Å²) in [5.74, 6) is 1.03. The number of hydrogen-bond acceptors (Lipinski definition) is 6. The van der Waals surface area contributed by atoms with Crippen molar-refractivity contribution in [3.63, 3.8) is 0 Å². The molecule has 7 nitrogen and oxygen atoms in total. The van der Waals surface area contributed by atoms with Crippen molar-refractivity contribution in [1.82, 2.24) is 0 Å². The van der Waals surface area contributed by atoms with E-state index in [2.05, 4.69) is 70.4 Å². The standard InChI is InChI=1S/C40H52N4O3/c1-25-21-39(46-23-25)33(31-17-19-37(39,7)35(31,3)4)41-27-9-11-29(12-10-27)43-44(45)30-15-13-28(14-16-30)42-34-32-18-20-38(8,36(32,5)6)40(34)22-26(2)24-47-40/h9-16,31-34,41-42H,1-2,17-24H2,3-8H3/t31-,32-,33-,34-,37-,38-,39-,40-/m0/s1. The molecule has 8 atom stereocenters. The first kappa shape index (κ1) is 31.1. The number of benzene rings is 2. The molecule has 250 valence electrons. The number of fused-ring (bicyclic) bond motifs is 6. The van der Waals surface area contributed by atoms with E-state index in [1.54, 1.807) is 0 Å². The van der Waals surface area contributed by atoms with Gasteiger partial charge < -0.3 is 25.3 Å². The molecule has 4 bridgehead atoms. The van der Waals surface area contributed by atoms with Crippen molar-refractivity contribution in [3.8, 4) is 0 Å². The van der Waals surface area contributed by atoms with Gasteiger partial charge in [-0.25, -0.2) is 0 Å². The molecule has 47 heavy (non-hydrogen) atoms. The topological polar surface area (TPSA) is 81.0 Å². The Morgan fingerprint density at radius 1 is 0.702 bits per heavy atom. The zero-order valence-corrected chi connectivity index (χ0v) is 29.1. The molecule has 4 saturated carbocycles. The van der Waals surface area contributed by atoms with Gasteiger partial charge in [-0.1, -0.05) is 59.6 Å². The number of anilines is 2. The highest BCUT2D eigenvalue weighted by molar-refractivity contribution is 5.54. The Labute approximate surface area is 280 Å². The second-order valence-electron chi connectivity index (χ2n) is 17.3. The normalized spacial score (nSPS) is 41.1. The summed E-state index contributed by atoms with van der Waals surface area (Å²) in [4.78, 5) is 0.714. The lowest BCUT2D eigenvalue weighted by Gasteiger charge is -2.48. The van der Waals surface area contributed by atoms with Crippen LogP contribution in [0.4, 0.5) is 22.7 Å². The third kappa shape index (κ3) is 3.93. The van der Waals surface area contributed by atoms with Gasteiger partial charge in [-0.2, -0.15) is 0 Å². The van der Waals surface area contributed by atoms with Crippen LogP contribution in [0.2, 0.25) is 0 Å². The lowest BCUT2D eigenvalue weighted by molar-refractivity contribution is -0.435. The predicted octanol–water partition coefficient (Wildman–Crippen LogP) is 9.52. The molecular formula is C40H52N4O3. The Balaban J connectivity index is 0.971. The molecule has 2 aromatic rings. The van der Waals surface area contributed by atoms with Crippen LogP contribution in [-0.2, 0) is 9.47 Å². The lowest BCUT2D eigenvalue weighted by Crippen LogP contribution is -2.55. The molecule has 2 saturated heterocycles. The molecule has 0 radical (unpaired) electrons. The van der Waals surface area contributed by atoms with Crippen LogP contribution in [0.25, 0.3) is 0 Å². The van der Waals surface area contributed by atoms with Crippen molar-refractivity contribution >= 4 is 22.7 Å². The Morgan fingerprint density at radius 3 is 1.53 bits per heavy atom. The minimum absolute atomic E-state index is 0.0871. The number of rotatable bonds is 6. The van der Waals surface area contributed by atoms with E-state index >= 15 is 0 Å². The van der Waals surface area contributed by atoms with Gasteiger partial charge >= 0.3 is 0 Å². The zero-order chi connectivity index (χ0) is 33.2. The zero-order valence-electron chi connectivity index (χ0n) is 29.1. The number of nitrogens with zero attached hydrogens (tertiary/aromatic N) is 2. The Kier molecular flexibility index (Phi) is 6.59. The molecule has 2 spiro atoms. The van der Waals surface area contributed by atoms with Gasteiger partial charge in [-0.05, 0) is 95.9 Å². The monoisotopic (exact) mass is 636 g/mol.